The molecule has 1 aromatic carbocycles. The summed E-state index contributed by atoms with van der Waals surface area (Å²) in [6, 6.07) is 5.26. The predicted octanol–water partition coefficient (Wildman–Crippen LogP) is 1.30. The first-order valence-electron chi connectivity index (χ1n) is 5.37. The van der Waals surface area contributed by atoms with Gasteiger partial charge in [0.1, 0.15) is 17.3 Å². The van der Waals surface area contributed by atoms with Crippen LogP contribution in [0.1, 0.15) is 30.4 Å². The van der Waals surface area contributed by atoms with Crippen LogP contribution in [-0.4, -0.2) is 11.5 Å². The third kappa shape index (κ3) is 4.21. The van der Waals surface area contributed by atoms with Crippen LogP contribution in [-0.2, 0) is 16.6 Å². The van der Waals surface area contributed by atoms with Gasteiger partial charge in [0.05, 0.1) is 0 Å². The molecule has 0 spiro atoms. The van der Waals surface area contributed by atoms with E-state index in [0.29, 0.717) is 10.9 Å². The molecule has 1 saturated heterocycles. The van der Waals surface area contributed by atoms with Gasteiger partial charge in [-0.25, -0.2) is 8.78 Å². The first kappa shape index (κ1) is 15.4. The molecule has 0 unspecified atom stereocenters. The molecule has 0 aromatic heterocycles. The van der Waals surface area contributed by atoms with Crippen LogP contribution in [0.25, 0.3) is 0 Å². The number of rotatable bonds is 3. The fraction of sp³-hybridized carbons (Fsp3) is 0.500. The highest BCUT2D eigenvalue weighted by Gasteiger charge is 2.26. The van der Waals surface area contributed by atoms with E-state index in [4.69, 9.17) is 0 Å². The Balaban J connectivity index is 0.00000144. The summed E-state index contributed by atoms with van der Waals surface area (Å²) in [4.78, 5) is 0. The summed E-state index contributed by atoms with van der Waals surface area (Å²) in [7, 11) is 0.340. The second kappa shape index (κ2) is 7.10. The molecule has 1 heterocycles. The van der Waals surface area contributed by atoms with Crippen molar-refractivity contribution in [1.29, 1.82) is 0 Å². The average molecular weight is 388 g/mol. The van der Waals surface area contributed by atoms with Gasteiger partial charge in [-0.2, -0.15) is 0 Å². The normalized spacial score (nSPS) is 16.2. The van der Waals surface area contributed by atoms with Crippen molar-refractivity contribution in [2.24, 2.45) is 0 Å². The van der Waals surface area contributed by atoms with Crippen LogP contribution in [0.4, 0.5) is 8.78 Å². The molecule has 0 bridgehead atoms. The van der Waals surface area contributed by atoms with Crippen molar-refractivity contribution >= 4 is 26.8 Å². The summed E-state index contributed by atoms with van der Waals surface area (Å²) in [5.41, 5.74) is 1.04. The zero-order chi connectivity index (χ0) is 11.5. The topological polar surface area (TPSA) is 0 Å². The molecule has 0 atom stereocenters. The lowest BCUT2D eigenvalue weighted by Gasteiger charge is -2.08. The number of halogens is 4. The molecule has 0 aliphatic carbocycles. The Kier molecular flexibility index (Phi) is 6.45. The van der Waals surface area contributed by atoms with E-state index in [1.165, 1.54) is 24.3 Å². The van der Waals surface area contributed by atoms with E-state index in [1.807, 2.05) is 12.1 Å². The zero-order valence-electron chi connectivity index (χ0n) is 9.27. The summed E-state index contributed by atoms with van der Waals surface area (Å²) >= 11 is 3.25. The Labute approximate surface area is 122 Å². The summed E-state index contributed by atoms with van der Waals surface area (Å²) in [6.07, 6.45) is 0.173. The Morgan fingerprint density at radius 3 is 2.47 bits per heavy atom. The van der Waals surface area contributed by atoms with Gasteiger partial charge in [-0.15, -0.1) is 0 Å². The summed E-state index contributed by atoms with van der Waals surface area (Å²) in [5, 5.41) is 0. The lowest BCUT2D eigenvalue weighted by molar-refractivity contribution is -0.00000665. The van der Waals surface area contributed by atoms with Crippen molar-refractivity contribution in [2.75, 3.05) is 11.5 Å². The second-order valence-electron chi connectivity index (χ2n) is 4.02. The summed E-state index contributed by atoms with van der Waals surface area (Å²) in [6.45, 7) is 0. The van der Waals surface area contributed by atoms with Crippen molar-refractivity contribution in [2.45, 2.75) is 25.0 Å². The number of hydrogen-bond acceptors (Lipinski definition) is 0. The predicted molar refractivity (Wildman–Crippen MR) is 69.1 cm³/mol. The first-order valence-corrected chi connectivity index (χ1v) is 7.90. The fourth-order valence-corrected chi connectivity index (χ4v) is 4.78. The minimum absolute atomic E-state index is 0. The van der Waals surface area contributed by atoms with Crippen molar-refractivity contribution in [3.63, 3.8) is 0 Å². The van der Waals surface area contributed by atoms with Crippen LogP contribution in [0.2, 0.25) is 0 Å². The lowest BCUT2D eigenvalue weighted by atomic mass is 10.1. The highest BCUT2D eigenvalue weighted by molar-refractivity contribution is 9.10. The molecule has 0 radical (unpaired) electrons. The number of hydrogen-bond donors (Lipinski definition) is 0. The summed E-state index contributed by atoms with van der Waals surface area (Å²) < 4.78 is 26.5. The maximum atomic E-state index is 12.9. The molecule has 1 aromatic rings. The molecule has 0 amide bonds. The van der Waals surface area contributed by atoms with Crippen molar-refractivity contribution < 1.29 is 25.8 Å². The van der Waals surface area contributed by atoms with Gasteiger partial charge in [-0.3, -0.25) is 0 Å². The van der Waals surface area contributed by atoms with Crippen LogP contribution in [0.3, 0.4) is 0 Å². The van der Waals surface area contributed by atoms with E-state index in [-0.39, 0.29) is 22.5 Å². The van der Waals surface area contributed by atoms with Crippen LogP contribution < -0.4 is 17.0 Å². The van der Waals surface area contributed by atoms with Crippen molar-refractivity contribution in [3.05, 3.63) is 33.8 Å². The number of alkyl halides is 2. The third-order valence-electron chi connectivity index (χ3n) is 2.82. The van der Waals surface area contributed by atoms with Crippen LogP contribution in [0.5, 0.6) is 0 Å². The SMILES string of the molecule is FC(F)c1cc(Br)ccc1C[S+]1CCCC1.[Br-]. The lowest BCUT2D eigenvalue weighted by Crippen LogP contribution is -3.00. The molecule has 1 fully saturated rings. The van der Waals surface area contributed by atoms with Gasteiger partial charge in [0.2, 0.25) is 0 Å². The molecule has 5 heteroatoms. The van der Waals surface area contributed by atoms with E-state index >= 15 is 0 Å². The highest BCUT2D eigenvalue weighted by Crippen LogP contribution is 2.29. The van der Waals surface area contributed by atoms with E-state index in [0.717, 1.165) is 15.8 Å². The van der Waals surface area contributed by atoms with Gasteiger partial charge < -0.3 is 17.0 Å². The molecule has 96 valence electrons. The van der Waals surface area contributed by atoms with Gasteiger partial charge in [0.15, 0.2) is 0 Å². The monoisotopic (exact) mass is 386 g/mol. The first-order chi connectivity index (χ1) is 7.66. The standard InChI is InChI=1S/C12H14BrF2S.BrH/c13-10-4-3-9(11(7-10)12(14)15)8-16-5-1-2-6-16;/h3-4,7,12H,1-2,5-6,8H2;1H/q+1;/p-1. The van der Waals surface area contributed by atoms with Gasteiger partial charge in [-0.05, 0) is 35.9 Å². The van der Waals surface area contributed by atoms with Gasteiger partial charge in [0.25, 0.3) is 6.43 Å². The van der Waals surface area contributed by atoms with E-state index in [2.05, 4.69) is 15.9 Å². The van der Waals surface area contributed by atoms with Crippen LogP contribution >= 0.6 is 15.9 Å². The number of benzene rings is 1. The largest absolute Gasteiger partial charge is 1.00 e. The molecule has 0 nitrogen and oxygen atoms in total. The second-order valence-corrected chi connectivity index (χ2v) is 7.26. The minimum atomic E-state index is -2.36. The molecule has 17 heavy (non-hydrogen) atoms. The van der Waals surface area contributed by atoms with Crippen LogP contribution in [0.15, 0.2) is 22.7 Å². The van der Waals surface area contributed by atoms with Crippen molar-refractivity contribution in [1.82, 2.24) is 0 Å². The Morgan fingerprint density at radius 2 is 1.88 bits per heavy atom. The highest BCUT2D eigenvalue weighted by atomic mass is 79.9. The van der Waals surface area contributed by atoms with Gasteiger partial charge in [0, 0.05) is 15.6 Å². The fourth-order valence-electron chi connectivity index (χ4n) is 1.98. The molecule has 0 N–H and O–H groups in total. The molecular formula is C12H14Br2F2S. The molecule has 2 rings (SSSR count). The van der Waals surface area contributed by atoms with Gasteiger partial charge >= 0.3 is 0 Å². The Hall–Kier alpha value is 0.390. The third-order valence-corrected chi connectivity index (χ3v) is 5.76. The van der Waals surface area contributed by atoms with E-state index in [1.54, 1.807) is 6.07 Å². The van der Waals surface area contributed by atoms with Crippen LogP contribution in [0, 0.1) is 0 Å². The molecule has 0 saturated carbocycles. The molecule has 1 aliphatic heterocycles. The smallest absolute Gasteiger partial charge is 0.264 e. The van der Waals surface area contributed by atoms with E-state index < -0.39 is 6.43 Å². The summed E-state index contributed by atoms with van der Waals surface area (Å²) in [5.74, 6) is 3.28. The Morgan fingerprint density at radius 1 is 1.24 bits per heavy atom. The zero-order valence-corrected chi connectivity index (χ0v) is 13.3. The maximum absolute atomic E-state index is 12.9. The average Bonchev–Trinajstić information content (AvgIpc) is 2.73. The van der Waals surface area contributed by atoms with E-state index in [9.17, 15) is 8.78 Å². The Bertz CT molecular complexity index is 366. The molecule has 1 aliphatic rings. The molecular weight excluding hydrogens is 374 g/mol. The van der Waals surface area contributed by atoms with Gasteiger partial charge in [-0.1, -0.05) is 22.0 Å². The minimum Gasteiger partial charge on any atom is -1.00 e. The maximum Gasteiger partial charge on any atom is 0.264 e. The van der Waals surface area contributed by atoms with Crippen molar-refractivity contribution in [3.8, 4) is 0 Å². The quantitative estimate of drug-likeness (QED) is 0.686.